The number of anilines is 3. The van der Waals surface area contributed by atoms with E-state index in [-0.39, 0.29) is 54.3 Å². The van der Waals surface area contributed by atoms with E-state index in [4.69, 9.17) is 20.5 Å². The molecular weight excluding hydrogens is 952 g/mol. The second-order valence-electron chi connectivity index (χ2n) is 22.8. The molecule has 2 amide bonds. The van der Waals surface area contributed by atoms with E-state index in [1.54, 1.807) is 35.2 Å². The number of amidine groups is 1. The summed E-state index contributed by atoms with van der Waals surface area (Å²) in [4.78, 5) is 53.5. The number of aliphatic hydroxyl groups excluding tert-OH is 1. The van der Waals surface area contributed by atoms with Gasteiger partial charge in [0.25, 0.3) is 0 Å². The molecule has 17 nitrogen and oxygen atoms in total. The molecule has 1 aliphatic carbocycles. The Labute approximate surface area is 437 Å². The molecule has 7 heterocycles. The minimum Gasteiger partial charge on any atom is -0.507 e. The van der Waals surface area contributed by atoms with Crippen molar-refractivity contribution < 1.29 is 29.0 Å². The molecular formula is C57H69FN12O5. The van der Waals surface area contributed by atoms with Gasteiger partial charge in [-0.15, -0.1) is 10.2 Å². The number of nitrogens with two attached hydrogens (primary N) is 1. The number of nitrogen functional groups attached to an aromatic ring is 1. The van der Waals surface area contributed by atoms with Gasteiger partial charge < -0.3 is 51.0 Å². The number of phenols is 1. The Morgan fingerprint density at radius 2 is 1.51 bits per heavy atom. The van der Waals surface area contributed by atoms with Crippen LogP contribution in [0.15, 0.2) is 96.4 Å². The number of hydrogen-bond donors (Lipinski definition) is 5. The molecule has 6 aliphatic rings. The lowest BCUT2D eigenvalue weighted by atomic mass is 9.81. The normalized spacial score (nSPS) is 26.6. The third-order valence-corrected chi connectivity index (χ3v) is 16.9. The molecule has 394 valence electrons. The number of β-amino-alcohol motifs (C(OH)–C–C–N with tert-alkyl or cyclic N) is 1. The van der Waals surface area contributed by atoms with Crippen molar-refractivity contribution in [2.45, 2.75) is 133 Å². The molecule has 6 N–H and O–H groups in total. The molecule has 2 aromatic heterocycles. The first kappa shape index (κ1) is 50.2. The van der Waals surface area contributed by atoms with Crippen LogP contribution in [0.25, 0.3) is 22.4 Å². The molecule has 0 radical (unpaired) electrons. The summed E-state index contributed by atoms with van der Waals surface area (Å²) >= 11 is 0. The van der Waals surface area contributed by atoms with Crippen LogP contribution in [0.1, 0.15) is 103 Å². The standard InChI is InChI=1S/C57H69FN12O5/c1-56(2,3)50(54(74)69-33-42(71)27-48(69)52-63-57(4,75-66-52)38-17-13-35(14-18-38)43-9-5-7-11-45(43)58)62-53(73)36-15-19-39(20-16-36)67-25-23-34(24-26-67)37-29-60-55(61-30-37)70-40-21-22-41(70)32-68(31-40)47-28-46(64-65-51(47)59)44-10-6-8-12-49(44)72/h5-14,17-18,28-30,34,36,39-42,48,50,71-72H,15-16,19-27,31-33H2,1-4H3,(H2,59,65)(H,62,73)(H,63,66)/t36?,39?,40?,41?,42-,48+,50-,57+/m1/s1. The van der Waals surface area contributed by atoms with Gasteiger partial charge in [-0.1, -0.05) is 80.5 Å². The van der Waals surface area contributed by atoms with Crippen LogP contribution >= 0.6 is 0 Å². The van der Waals surface area contributed by atoms with Crippen molar-refractivity contribution >= 4 is 35.1 Å². The molecule has 2 bridgehead atoms. The maximum atomic E-state index is 14.6. The van der Waals surface area contributed by atoms with Gasteiger partial charge in [0.1, 0.15) is 17.6 Å². The predicted octanol–water partition coefficient (Wildman–Crippen LogP) is 6.92. The van der Waals surface area contributed by atoms with Crippen LogP contribution in [-0.2, 0) is 20.2 Å². The van der Waals surface area contributed by atoms with Gasteiger partial charge in [-0.05, 0) is 111 Å². The zero-order valence-electron chi connectivity index (χ0n) is 43.3. The van der Waals surface area contributed by atoms with E-state index in [1.807, 2.05) is 82.6 Å². The Morgan fingerprint density at radius 3 is 2.17 bits per heavy atom. The molecule has 4 saturated heterocycles. The molecule has 5 aromatic rings. The average Bonchev–Trinajstić information content (AvgIpc) is 4.10. The quantitative estimate of drug-likeness (QED) is 0.0910. The molecule has 5 aliphatic heterocycles. The maximum Gasteiger partial charge on any atom is 0.246 e. The number of para-hydroxylation sites is 1. The van der Waals surface area contributed by atoms with Crippen molar-refractivity contribution in [3.63, 3.8) is 0 Å². The fourth-order valence-electron chi connectivity index (χ4n) is 12.6. The van der Waals surface area contributed by atoms with Gasteiger partial charge in [0.15, 0.2) is 11.7 Å². The first-order valence-corrected chi connectivity index (χ1v) is 26.8. The summed E-state index contributed by atoms with van der Waals surface area (Å²) in [6, 6.07) is 22.5. The van der Waals surface area contributed by atoms with Crippen LogP contribution in [0, 0.1) is 17.2 Å². The van der Waals surface area contributed by atoms with Crippen LogP contribution in [0.2, 0.25) is 0 Å². The number of rotatable bonds is 11. The summed E-state index contributed by atoms with van der Waals surface area (Å²) in [7, 11) is 0. The molecule has 5 fully saturated rings. The highest BCUT2D eigenvalue weighted by Crippen LogP contribution is 2.40. The zero-order valence-corrected chi connectivity index (χ0v) is 43.3. The Kier molecular flexibility index (Phi) is 13.6. The maximum absolute atomic E-state index is 14.6. The number of hydrogen-bond acceptors (Lipinski definition) is 15. The van der Waals surface area contributed by atoms with E-state index in [2.05, 4.69) is 40.7 Å². The monoisotopic (exact) mass is 1020 g/mol. The third-order valence-electron chi connectivity index (χ3n) is 16.9. The number of oxime groups is 1. The van der Waals surface area contributed by atoms with Crippen molar-refractivity contribution in [2.24, 2.45) is 16.5 Å². The fourth-order valence-corrected chi connectivity index (χ4v) is 12.6. The number of aromatic hydroxyl groups is 1. The van der Waals surface area contributed by atoms with Gasteiger partial charge in [0.2, 0.25) is 23.5 Å². The van der Waals surface area contributed by atoms with Crippen LogP contribution in [0.3, 0.4) is 0 Å². The Hall–Kier alpha value is -6.92. The van der Waals surface area contributed by atoms with E-state index in [0.717, 1.165) is 100 Å². The van der Waals surface area contributed by atoms with Crippen molar-refractivity contribution in [1.29, 1.82) is 0 Å². The summed E-state index contributed by atoms with van der Waals surface area (Å²) in [6.45, 7) is 11.3. The zero-order chi connectivity index (χ0) is 52.2. The van der Waals surface area contributed by atoms with E-state index in [1.165, 1.54) is 11.6 Å². The summed E-state index contributed by atoms with van der Waals surface area (Å²) in [5.74, 6) is 1.25. The van der Waals surface area contributed by atoms with Gasteiger partial charge in [-0.2, -0.15) is 0 Å². The predicted molar refractivity (Wildman–Crippen MR) is 285 cm³/mol. The molecule has 2 unspecified atom stereocenters. The minimum absolute atomic E-state index is 0.101. The van der Waals surface area contributed by atoms with Gasteiger partial charge in [-0.3, -0.25) is 9.59 Å². The Balaban J connectivity index is 0.655. The SMILES string of the molecule is CC(C)(C)[C@H](NC(=O)C1CCC(N2CCC(c3cnc(N4C5CCC4CN(c4cc(-c6ccccc6O)nnc4N)C5)nc3)CC2)CC1)C(=O)N1C[C@H](O)C[C@H]1C1=NO[C@@](C)(c2ccc(-c3ccccc3F)cc2)N1. The van der Waals surface area contributed by atoms with E-state index < -0.39 is 29.3 Å². The molecule has 75 heavy (non-hydrogen) atoms. The largest absolute Gasteiger partial charge is 0.507 e. The molecule has 11 rings (SSSR count). The number of piperidine rings is 1. The highest BCUT2D eigenvalue weighted by atomic mass is 19.1. The number of carbonyl (C=O) groups excluding carboxylic acids is 2. The summed E-state index contributed by atoms with van der Waals surface area (Å²) < 4.78 is 14.5. The first-order valence-electron chi connectivity index (χ1n) is 26.8. The van der Waals surface area contributed by atoms with Crippen LogP contribution in [0.4, 0.5) is 21.8 Å². The van der Waals surface area contributed by atoms with Gasteiger partial charge in [0.05, 0.1) is 23.5 Å². The Bertz CT molecular complexity index is 2910. The second kappa shape index (κ2) is 20.3. The first-order chi connectivity index (χ1) is 36.1. The lowest BCUT2D eigenvalue weighted by Gasteiger charge is -2.42. The summed E-state index contributed by atoms with van der Waals surface area (Å²) in [6.07, 6.45) is 11.0. The number of amides is 2. The van der Waals surface area contributed by atoms with Crippen molar-refractivity contribution in [3.05, 3.63) is 108 Å². The highest BCUT2D eigenvalue weighted by molar-refractivity contribution is 5.96. The second-order valence-corrected chi connectivity index (χ2v) is 22.8. The Morgan fingerprint density at radius 1 is 0.853 bits per heavy atom. The number of halogens is 1. The minimum atomic E-state index is -1.06. The number of benzene rings is 3. The van der Waals surface area contributed by atoms with Gasteiger partial charge in [0, 0.05) is 86.1 Å². The molecule has 0 spiro atoms. The topological polar surface area (TPSA) is 211 Å². The molecule has 1 saturated carbocycles. The molecule has 3 aromatic carbocycles. The number of carbonyl (C=O) groups is 2. The average molecular weight is 1020 g/mol. The van der Waals surface area contributed by atoms with E-state index in [0.29, 0.717) is 40.4 Å². The van der Waals surface area contributed by atoms with Gasteiger partial charge in [-0.25, -0.2) is 14.4 Å². The van der Waals surface area contributed by atoms with E-state index in [9.17, 15) is 24.2 Å². The number of aliphatic hydroxyl groups is 1. The molecule has 18 heteroatoms. The van der Waals surface area contributed by atoms with Gasteiger partial charge >= 0.3 is 0 Å². The number of piperazine rings is 1. The number of aromatic nitrogens is 4. The molecule has 6 atom stereocenters. The van der Waals surface area contributed by atoms with Crippen molar-refractivity contribution in [1.82, 2.24) is 40.6 Å². The number of nitrogens with zero attached hydrogens (tertiary/aromatic N) is 9. The van der Waals surface area contributed by atoms with Crippen LogP contribution in [0.5, 0.6) is 5.75 Å². The summed E-state index contributed by atoms with van der Waals surface area (Å²) in [5, 5.41) is 40.9. The fraction of sp³-hybridized carbons (Fsp3) is 0.491. The smallest absolute Gasteiger partial charge is 0.246 e. The number of phenolic OH excluding ortho intramolecular Hbond substituents is 1. The van der Waals surface area contributed by atoms with Crippen LogP contribution in [-0.4, -0.2) is 127 Å². The van der Waals surface area contributed by atoms with Crippen molar-refractivity contribution in [2.75, 3.05) is 48.3 Å². The summed E-state index contributed by atoms with van der Waals surface area (Å²) in [5.41, 5.74) is 9.93. The number of likely N-dealkylation sites (tertiary alicyclic amines) is 2. The number of nitrogens with one attached hydrogen (secondary N) is 2. The van der Waals surface area contributed by atoms with Crippen LogP contribution < -0.4 is 26.2 Å². The van der Waals surface area contributed by atoms with E-state index >= 15 is 0 Å². The third kappa shape index (κ3) is 10.1. The van der Waals surface area contributed by atoms with Crippen molar-refractivity contribution in [3.8, 4) is 28.1 Å². The number of fused-ring (bicyclic) bond motifs is 2. The lowest BCUT2D eigenvalue weighted by molar-refractivity contribution is -0.141. The lowest BCUT2D eigenvalue weighted by Crippen LogP contribution is -2.59. The highest BCUT2D eigenvalue weighted by Gasteiger charge is 2.48.